The van der Waals surface area contributed by atoms with Crippen molar-refractivity contribution in [3.05, 3.63) is 64.7 Å². The van der Waals surface area contributed by atoms with Gasteiger partial charge in [0.05, 0.1) is 5.56 Å². The zero-order chi connectivity index (χ0) is 14.5. The number of hydrogen-bond donors (Lipinski definition) is 2. The van der Waals surface area contributed by atoms with Gasteiger partial charge in [-0.25, -0.2) is 0 Å². The minimum atomic E-state index is -0.0543. The molecule has 0 aliphatic heterocycles. The Labute approximate surface area is 120 Å². The molecule has 0 bridgehead atoms. The lowest BCUT2D eigenvalue weighted by molar-refractivity contribution is 0.0951. The fraction of sp³-hybridized carbons (Fsp3) is 0.235. The van der Waals surface area contributed by atoms with Crippen molar-refractivity contribution in [3.8, 4) is 0 Å². The van der Waals surface area contributed by atoms with Gasteiger partial charge in [0.2, 0.25) is 0 Å². The smallest absolute Gasteiger partial charge is 0.253 e. The Morgan fingerprint density at radius 3 is 2.55 bits per heavy atom. The standard InChI is InChI=1S/C17H20N2O/c1-12-8-9-16(18-3)15(10-12)17(20)19-11-14-7-5-4-6-13(14)2/h4-10,18H,11H2,1-3H3,(H,19,20). The molecule has 0 atom stereocenters. The predicted molar refractivity (Wildman–Crippen MR) is 83.1 cm³/mol. The van der Waals surface area contributed by atoms with Crippen LogP contribution in [0.25, 0.3) is 0 Å². The van der Waals surface area contributed by atoms with Crippen LogP contribution in [-0.4, -0.2) is 13.0 Å². The van der Waals surface area contributed by atoms with Crippen LogP contribution in [0.15, 0.2) is 42.5 Å². The molecular weight excluding hydrogens is 248 g/mol. The summed E-state index contributed by atoms with van der Waals surface area (Å²) in [6.07, 6.45) is 0. The summed E-state index contributed by atoms with van der Waals surface area (Å²) in [4.78, 5) is 12.3. The average Bonchev–Trinajstić information content (AvgIpc) is 2.46. The lowest BCUT2D eigenvalue weighted by Gasteiger charge is -2.12. The molecule has 0 saturated carbocycles. The van der Waals surface area contributed by atoms with Crippen molar-refractivity contribution in [3.63, 3.8) is 0 Å². The van der Waals surface area contributed by atoms with Gasteiger partial charge < -0.3 is 10.6 Å². The summed E-state index contributed by atoms with van der Waals surface area (Å²) >= 11 is 0. The molecule has 2 rings (SSSR count). The first-order chi connectivity index (χ1) is 9.61. The van der Waals surface area contributed by atoms with Gasteiger partial charge in [-0.2, -0.15) is 0 Å². The lowest BCUT2D eigenvalue weighted by atomic mass is 10.1. The number of benzene rings is 2. The van der Waals surface area contributed by atoms with Gasteiger partial charge in [-0.05, 0) is 37.1 Å². The van der Waals surface area contributed by atoms with Crippen molar-refractivity contribution in [1.82, 2.24) is 5.32 Å². The van der Waals surface area contributed by atoms with E-state index in [0.29, 0.717) is 12.1 Å². The van der Waals surface area contributed by atoms with E-state index < -0.39 is 0 Å². The summed E-state index contributed by atoms with van der Waals surface area (Å²) in [7, 11) is 1.82. The van der Waals surface area contributed by atoms with E-state index in [1.807, 2.05) is 63.4 Å². The summed E-state index contributed by atoms with van der Waals surface area (Å²) in [5.41, 5.74) is 4.93. The molecule has 0 unspecified atom stereocenters. The molecule has 3 heteroatoms. The highest BCUT2D eigenvalue weighted by Gasteiger charge is 2.11. The van der Waals surface area contributed by atoms with Crippen molar-refractivity contribution < 1.29 is 4.79 Å². The van der Waals surface area contributed by atoms with Crippen LogP contribution in [0.3, 0.4) is 0 Å². The molecule has 0 aliphatic carbocycles. The molecule has 0 fully saturated rings. The van der Waals surface area contributed by atoms with Gasteiger partial charge in [-0.3, -0.25) is 4.79 Å². The van der Waals surface area contributed by atoms with E-state index in [2.05, 4.69) is 10.6 Å². The SMILES string of the molecule is CNc1ccc(C)cc1C(=O)NCc1ccccc1C. The largest absolute Gasteiger partial charge is 0.387 e. The number of rotatable bonds is 4. The third-order valence-corrected chi connectivity index (χ3v) is 3.39. The Hall–Kier alpha value is -2.29. The van der Waals surface area contributed by atoms with Crippen molar-refractivity contribution in [2.45, 2.75) is 20.4 Å². The maximum atomic E-state index is 12.3. The maximum absolute atomic E-state index is 12.3. The topological polar surface area (TPSA) is 41.1 Å². The Bertz CT molecular complexity index is 620. The first-order valence-electron chi connectivity index (χ1n) is 6.73. The van der Waals surface area contributed by atoms with Crippen molar-refractivity contribution in [1.29, 1.82) is 0 Å². The van der Waals surface area contributed by atoms with Crippen LogP contribution in [0.4, 0.5) is 5.69 Å². The van der Waals surface area contributed by atoms with Crippen LogP contribution in [0.2, 0.25) is 0 Å². The molecule has 3 nitrogen and oxygen atoms in total. The zero-order valence-electron chi connectivity index (χ0n) is 12.2. The first kappa shape index (κ1) is 14.1. The fourth-order valence-electron chi connectivity index (χ4n) is 2.14. The molecule has 0 radical (unpaired) electrons. The molecule has 2 aromatic rings. The second-order valence-electron chi connectivity index (χ2n) is 4.91. The second-order valence-corrected chi connectivity index (χ2v) is 4.91. The third kappa shape index (κ3) is 3.18. The molecule has 0 aromatic heterocycles. The van der Waals surface area contributed by atoms with Crippen molar-refractivity contribution in [2.75, 3.05) is 12.4 Å². The quantitative estimate of drug-likeness (QED) is 0.893. The third-order valence-electron chi connectivity index (χ3n) is 3.39. The van der Waals surface area contributed by atoms with Crippen LogP contribution in [-0.2, 0) is 6.54 Å². The summed E-state index contributed by atoms with van der Waals surface area (Å²) in [6.45, 7) is 4.58. The molecular formula is C17H20N2O. The minimum Gasteiger partial charge on any atom is -0.387 e. The van der Waals surface area contributed by atoms with E-state index in [4.69, 9.17) is 0 Å². The van der Waals surface area contributed by atoms with E-state index in [9.17, 15) is 4.79 Å². The molecule has 0 heterocycles. The number of nitrogens with one attached hydrogen (secondary N) is 2. The van der Waals surface area contributed by atoms with E-state index in [1.165, 1.54) is 5.56 Å². The fourth-order valence-corrected chi connectivity index (χ4v) is 2.14. The van der Waals surface area contributed by atoms with Crippen LogP contribution in [0, 0.1) is 13.8 Å². The normalized spacial score (nSPS) is 10.2. The number of carbonyl (C=O) groups is 1. The minimum absolute atomic E-state index is 0.0543. The van der Waals surface area contributed by atoms with Gasteiger partial charge >= 0.3 is 0 Å². The summed E-state index contributed by atoms with van der Waals surface area (Å²) in [6, 6.07) is 13.9. The van der Waals surface area contributed by atoms with Crippen LogP contribution < -0.4 is 10.6 Å². The first-order valence-corrected chi connectivity index (χ1v) is 6.73. The van der Waals surface area contributed by atoms with E-state index in [0.717, 1.165) is 16.8 Å². The average molecular weight is 268 g/mol. The van der Waals surface area contributed by atoms with Gasteiger partial charge in [0, 0.05) is 19.3 Å². The number of hydrogen-bond acceptors (Lipinski definition) is 2. The van der Waals surface area contributed by atoms with Gasteiger partial charge in [0.15, 0.2) is 0 Å². The monoisotopic (exact) mass is 268 g/mol. The van der Waals surface area contributed by atoms with Crippen LogP contribution in [0.1, 0.15) is 27.0 Å². The lowest BCUT2D eigenvalue weighted by Crippen LogP contribution is -2.24. The van der Waals surface area contributed by atoms with E-state index >= 15 is 0 Å². The second kappa shape index (κ2) is 6.24. The number of aryl methyl sites for hydroxylation is 2. The van der Waals surface area contributed by atoms with Crippen LogP contribution >= 0.6 is 0 Å². The Balaban J connectivity index is 2.13. The molecule has 20 heavy (non-hydrogen) atoms. The van der Waals surface area contributed by atoms with Gasteiger partial charge in [-0.15, -0.1) is 0 Å². The summed E-state index contributed by atoms with van der Waals surface area (Å²) in [5.74, 6) is -0.0543. The predicted octanol–water partition coefficient (Wildman–Crippen LogP) is 3.28. The highest BCUT2D eigenvalue weighted by molar-refractivity contribution is 5.99. The molecule has 2 N–H and O–H groups in total. The van der Waals surface area contributed by atoms with Gasteiger partial charge in [0.1, 0.15) is 0 Å². The molecule has 0 spiro atoms. The Morgan fingerprint density at radius 1 is 1.10 bits per heavy atom. The number of carbonyl (C=O) groups excluding carboxylic acids is 1. The van der Waals surface area contributed by atoms with E-state index in [-0.39, 0.29) is 5.91 Å². The van der Waals surface area contributed by atoms with E-state index in [1.54, 1.807) is 0 Å². The molecule has 2 aromatic carbocycles. The molecule has 104 valence electrons. The zero-order valence-corrected chi connectivity index (χ0v) is 12.2. The van der Waals surface area contributed by atoms with Crippen LogP contribution in [0.5, 0.6) is 0 Å². The summed E-state index contributed by atoms with van der Waals surface area (Å²) in [5, 5.41) is 6.03. The molecule has 0 saturated heterocycles. The Morgan fingerprint density at radius 2 is 1.85 bits per heavy atom. The molecule has 0 aliphatic rings. The molecule has 1 amide bonds. The summed E-state index contributed by atoms with van der Waals surface area (Å²) < 4.78 is 0. The van der Waals surface area contributed by atoms with Crippen molar-refractivity contribution in [2.24, 2.45) is 0 Å². The highest BCUT2D eigenvalue weighted by Crippen LogP contribution is 2.17. The number of amides is 1. The maximum Gasteiger partial charge on any atom is 0.253 e. The van der Waals surface area contributed by atoms with Crippen molar-refractivity contribution >= 4 is 11.6 Å². The highest BCUT2D eigenvalue weighted by atomic mass is 16.1. The Kier molecular flexibility index (Phi) is 4.41. The number of anilines is 1. The van der Waals surface area contributed by atoms with Gasteiger partial charge in [-0.1, -0.05) is 35.9 Å². The van der Waals surface area contributed by atoms with Gasteiger partial charge in [0.25, 0.3) is 5.91 Å².